The predicted octanol–water partition coefficient (Wildman–Crippen LogP) is -0.700. The van der Waals surface area contributed by atoms with Crippen LogP contribution >= 0.6 is 0 Å². The van der Waals surface area contributed by atoms with Crippen LogP contribution in [0.3, 0.4) is 0 Å². The van der Waals surface area contributed by atoms with E-state index in [2.05, 4.69) is 15.3 Å². The number of hydrogen-bond donors (Lipinski definition) is 4. The van der Waals surface area contributed by atoms with Crippen LogP contribution in [0, 0.1) is 0 Å². The van der Waals surface area contributed by atoms with E-state index < -0.39 is 17.8 Å². The molecule has 0 aromatic carbocycles. The van der Waals surface area contributed by atoms with E-state index in [1.54, 1.807) is 0 Å². The Kier molecular flexibility index (Phi) is 3.91. The lowest BCUT2D eigenvalue weighted by molar-refractivity contribution is -0.192. The molecule has 2 rings (SSSR count). The number of hydrogen-bond acceptors (Lipinski definition) is 4. The van der Waals surface area contributed by atoms with Gasteiger partial charge in [-0.2, -0.15) is 13.2 Å². The molecule has 4 N–H and O–H groups in total. The molecule has 0 saturated carbocycles. The Bertz CT molecular complexity index is 560. The number of H-pyrrole nitrogens is 2. The fourth-order valence-corrected chi connectivity index (χ4v) is 1.21. The van der Waals surface area contributed by atoms with Gasteiger partial charge >= 0.3 is 17.8 Å². The molecule has 1 aromatic heterocycles. The van der Waals surface area contributed by atoms with E-state index >= 15 is 0 Å². The van der Waals surface area contributed by atoms with Gasteiger partial charge in [-0.25, -0.2) is 9.59 Å². The summed E-state index contributed by atoms with van der Waals surface area (Å²) < 4.78 is 31.7. The van der Waals surface area contributed by atoms with Crippen molar-refractivity contribution in [2.24, 2.45) is 0 Å². The lowest BCUT2D eigenvalue weighted by Gasteiger charge is -1.93. The van der Waals surface area contributed by atoms with Gasteiger partial charge in [-0.1, -0.05) is 0 Å². The minimum atomic E-state index is -5.08. The lowest BCUT2D eigenvalue weighted by Crippen LogP contribution is -2.25. The summed E-state index contributed by atoms with van der Waals surface area (Å²) in [5.74, 6) is -2.76. The topological polar surface area (TPSA) is 115 Å². The van der Waals surface area contributed by atoms with Gasteiger partial charge in [0.25, 0.3) is 5.56 Å². The van der Waals surface area contributed by atoms with Gasteiger partial charge < -0.3 is 15.4 Å². The van der Waals surface area contributed by atoms with Crippen molar-refractivity contribution in [3.05, 3.63) is 32.1 Å². The van der Waals surface area contributed by atoms with E-state index in [-0.39, 0.29) is 5.56 Å². The van der Waals surface area contributed by atoms with Crippen molar-refractivity contribution in [3.63, 3.8) is 0 Å². The summed E-state index contributed by atoms with van der Waals surface area (Å²) in [6, 6.07) is 0. The van der Waals surface area contributed by atoms with Crippen LogP contribution in [0.2, 0.25) is 0 Å². The van der Waals surface area contributed by atoms with Gasteiger partial charge in [0.05, 0.1) is 5.56 Å². The zero-order valence-corrected chi connectivity index (χ0v) is 8.72. The van der Waals surface area contributed by atoms with Gasteiger partial charge in [0, 0.05) is 18.8 Å². The summed E-state index contributed by atoms with van der Waals surface area (Å²) in [7, 11) is 0. The van der Waals surface area contributed by atoms with Gasteiger partial charge in [0.15, 0.2) is 0 Å². The lowest BCUT2D eigenvalue weighted by atomic mass is 10.3. The van der Waals surface area contributed by atoms with Gasteiger partial charge in [0.1, 0.15) is 0 Å². The van der Waals surface area contributed by atoms with E-state index in [0.29, 0.717) is 24.3 Å². The fourth-order valence-electron chi connectivity index (χ4n) is 1.21. The molecule has 1 aliphatic rings. The SMILES string of the molecule is O=C(O)C(F)(F)F.O=c1[nH]c2c(c(=O)[nH]1)CNC2. The second-order valence-electron chi connectivity index (χ2n) is 3.27. The first-order chi connectivity index (χ1) is 8.21. The summed E-state index contributed by atoms with van der Waals surface area (Å²) in [4.78, 5) is 35.3. The number of nitrogens with one attached hydrogen (secondary N) is 3. The van der Waals surface area contributed by atoms with Crippen LogP contribution in [-0.4, -0.2) is 27.2 Å². The molecule has 1 aromatic rings. The van der Waals surface area contributed by atoms with Crippen LogP contribution in [0.4, 0.5) is 13.2 Å². The van der Waals surface area contributed by atoms with Crippen LogP contribution in [0.5, 0.6) is 0 Å². The third-order valence-electron chi connectivity index (χ3n) is 1.98. The molecular weight excluding hydrogens is 259 g/mol. The Balaban J connectivity index is 0.000000203. The van der Waals surface area contributed by atoms with Gasteiger partial charge in [-0.15, -0.1) is 0 Å². The minimum absolute atomic E-state index is 0.284. The van der Waals surface area contributed by atoms with Crippen molar-refractivity contribution < 1.29 is 23.1 Å². The summed E-state index contributed by atoms with van der Waals surface area (Å²) in [5, 5.41) is 10.1. The van der Waals surface area contributed by atoms with Crippen molar-refractivity contribution >= 4 is 5.97 Å². The molecule has 0 amide bonds. The number of rotatable bonds is 0. The van der Waals surface area contributed by atoms with Gasteiger partial charge in [-0.3, -0.25) is 9.78 Å². The first-order valence-electron chi connectivity index (χ1n) is 4.57. The largest absolute Gasteiger partial charge is 0.490 e. The molecule has 7 nitrogen and oxygen atoms in total. The van der Waals surface area contributed by atoms with E-state index in [4.69, 9.17) is 9.90 Å². The monoisotopic (exact) mass is 267 g/mol. The van der Waals surface area contributed by atoms with E-state index in [1.807, 2.05) is 0 Å². The van der Waals surface area contributed by atoms with E-state index in [1.165, 1.54) is 0 Å². The zero-order valence-electron chi connectivity index (χ0n) is 8.72. The van der Waals surface area contributed by atoms with E-state index in [9.17, 15) is 22.8 Å². The Hall–Kier alpha value is -2.10. The van der Waals surface area contributed by atoms with Crippen LogP contribution in [0.1, 0.15) is 11.3 Å². The molecule has 18 heavy (non-hydrogen) atoms. The van der Waals surface area contributed by atoms with Crippen LogP contribution in [-0.2, 0) is 17.9 Å². The molecule has 1 aliphatic heterocycles. The molecule has 0 unspecified atom stereocenters. The Labute approximate surface area is 96.7 Å². The number of aliphatic carboxylic acids is 1. The van der Waals surface area contributed by atoms with Crippen LogP contribution < -0.4 is 16.6 Å². The Morgan fingerprint density at radius 1 is 1.17 bits per heavy atom. The van der Waals surface area contributed by atoms with E-state index in [0.717, 1.165) is 0 Å². The Morgan fingerprint density at radius 3 is 2.22 bits per heavy atom. The minimum Gasteiger partial charge on any atom is -0.475 e. The molecule has 10 heteroatoms. The van der Waals surface area contributed by atoms with Crippen molar-refractivity contribution in [2.45, 2.75) is 19.3 Å². The number of carboxylic acid groups (broad SMARTS) is 1. The third-order valence-corrected chi connectivity index (χ3v) is 1.98. The summed E-state index contributed by atoms with van der Waals surface area (Å²) in [5.41, 5.74) is 0.634. The van der Waals surface area contributed by atoms with Gasteiger partial charge in [0.2, 0.25) is 0 Å². The molecule has 0 spiro atoms. The number of aromatic amines is 2. The zero-order chi connectivity index (χ0) is 13.9. The number of carboxylic acids is 1. The first kappa shape index (κ1) is 14.0. The molecule has 0 fully saturated rings. The van der Waals surface area contributed by atoms with Crippen molar-refractivity contribution in [2.75, 3.05) is 0 Å². The maximum Gasteiger partial charge on any atom is 0.490 e. The maximum atomic E-state index is 11.0. The van der Waals surface area contributed by atoms with Crippen molar-refractivity contribution in [3.8, 4) is 0 Å². The average molecular weight is 267 g/mol. The van der Waals surface area contributed by atoms with Crippen molar-refractivity contribution in [1.82, 2.24) is 15.3 Å². The van der Waals surface area contributed by atoms with Gasteiger partial charge in [-0.05, 0) is 0 Å². The summed E-state index contributed by atoms with van der Waals surface area (Å²) >= 11 is 0. The highest BCUT2D eigenvalue weighted by atomic mass is 19.4. The fraction of sp³-hybridized carbons (Fsp3) is 0.375. The summed E-state index contributed by atoms with van der Waals surface area (Å²) in [6.45, 7) is 1.12. The smallest absolute Gasteiger partial charge is 0.475 e. The molecule has 0 saturated heterocycles. The second kappa shape index (κ2) is 5.04. The quantitative estimate of drug-likeness (QED) is 0.496. The first-order valence-corrected chi connectivity index (χ1v) is 4.57. The third kappa shape index (κ3) is 3.45. The normalized spacial score (nSPS) is 13.5. The number of carbonyl (C=O) groups is 1. The maximum absolute atomic E-state index is 11.0. The van der Waals surface area contributed by atoms with Crippen LogP contribution in [0.25, 0.3) is 0 Å². The molecular formula is C8H8F3N3O4. The predicted molar refractivity (Wildman–Crippen MR) is 51.9 cm³/mol. The molecule has 2 heterocycles. The highest BCUT2D eigenvalue weighted by Crippen LogP contribution is 2.13. The summed E-state index contributed by atoms with van der Waals surface area (Å²) in [6.07, 6.45) is -5.08. The molecule has 0 aliphatic carbocycles. The highest BCUT2D eigenvalue weighted by Gasteiger charge is 2.38. The Morgan fingerprint density at radius 2 is 1.72 bits per heavy atom. The van der Waals surface area contributed by atoms with Crippen LogP contribution in [0.15, 0.2) is 9.59 Å². The second-order valence-corrected chi connectivity index (χ2v) is 3.27. The number of halogens is 3. The standard InChI is InChI=1S/C6H7N3O2.C2HF3O2/c10-5-3-1-7-2-4(3)8-6(11)9-5;3-2(4,5)1(6)7/h7H,1-2H2,(H2,8,9,10,11);(H,6,7). The highest BCUT2D eigenvalue weighted by molar-refractivity contribution is 5.73. The molecule has 0 bridgehead atoms. The van der Waals surface area contributed by atoms with Crippen molar-refractivity contribution in [1.29, 1.82) is 0 Å². The molecule has 0 atom stereocenters. The molecule has 0 radical (unpaired) electrons. The number of alkyl halides is 3. The number of fused-ring (bicyclic) bond motifs is 1. The number of aromatic nitrogens is 2. The average Bonchev–Trinajstić information content (AvgIpc) is 2.64. The molecule has 100 valence electrons.